The van der Waals surface area contributed by atoms with Crippen LogP contribution in [0.15, 0.2) is 23.2 Å². The molecule has 3 rings (SSSR count). The first-order valence-electron chi connectivity index (χ1n) is 10.4. The SMILES string of the molecule is CCNC(=NCC(c1c(F)cccc1F)N(C)C)NC1CCN(C2CC2)CC1. The molecule has 1 aliphatic carbocycles. The topological polar surface area (TPSA) is 42.9 Å². The van der Waals surface area contributed by atoms with Crippen molar-refractivity contribution in [1.29, 1.82) is 0 Å². The highest BCUT2D eigenvalue weighted by molar-refractivity contribution is 5.80. The van der Waals surface area contributed by atoms with Crippen molar-refractivity contribution in [2.24, 2.45) is 4.99 Å². The Balaban J connectivity index is 1.64. The summed E-state index contributed by atoms with van der Waals surface area (Å²) in [6.45, 7) is 5.30. The van der Waals surface area contributed by atoms with Gasteiger partial charge in [0.25, 0.3) is 0 Å². The molecule has 1 heterocycles. The summed E-state index contributed by atoms with van der Waals surface area (Å²) >= 11 is 0. The molecule has 0 aromatic heterocycles. The molecule has 0 spiro atoms. The van der Waals surface area contributed by atoms with Crippen LogP contribution in [0.3, 0.4) is 0 Å². The average Bonchev–Trinajstić information content (AvgIpc) is 3.49. The quantitative estimate of drug-likeness (QED) is 0.552. The van der Waals surface area contributed by atoms with Crippen molar-refractivity contribution in [1.82, 2.24) is 20.4 Å². The summed E-state index contributed by atoms with van der Waals surface area (Å²) in [6.07, 6.45) is 4.89. The van der Waals surface area contributed by atoms with Gasteiger partial charge in [-0.2, -0.15) is 0 Å². The molecule has 2 N–H and O–H groups in total. The number of rotatable bonds is 7. The maximum Gasteiger partial charge on any atom is 0.191 e. The molecule has 0 radical (unpaired) electrons. The normalized spacial score (nSPS) is 20.4. The zero-order chi connectivity index (χ0) is 20.1. The molecule has 7 heteroatoms. The van der Waals surface area contributed by atoms with E-state index in [1.54, 1.807) is 0 Å². The summed E-state index contributed by atoms with van der Waals surface area (Å²) in [5.74, 6) is -0.338. The Kier molecular flexibility index (Phi) is 7.24. The van der Waals surface area contributed by atoms with Crippen LogP contribution in [0.5, 0.6) is 0 Å². The van der Waals surface area contributed by atoms with Crippen molar-refractivity contribution in [2.45, 2.75) is 50.7 Å². The number of likely N-dealkylation sites (tertiary alicyclic amines) is 1. The molecule has 1 unspecified atom stereocenters. The number of benzene rings is 1. The smallest absolute Gasteiger partial charge is 0.191 e. The predicted octanol–water partition coefficient (Wildman–Crippen LogP) is 2.75. The van der Waals surface area contributed by atoms with Gasteiger partial charge in [-0.3, -0.25) is 4.99 Å². The second-order valence-corrected chi connectivity index (χ2v) is 8.02. The Morgan fingerprint density at radius 3 is 2.36 bits per heavy atom. The molecule has 0 amide bonds. The fraction of sp³-hybridized carbons (Fsp3) is 0.667. The molecule has 28 heavy (non-hydrogen) atoms. The van der Waals surface area contributed by atoms with Gasteiger partial charge in [-0.1, -0.05) is 6.07 Å². The van der Waals surface area contributed by atoms with Crippen LogP contribution in [-0.4, -0.2) is 68.1 Å². The van der Waals surface area contributed by atoms with E-state index < -0.39 is 17.7 Å². The van der Waals surface area contributed by atoms with Gasteiger partial charge in [0, 0.05) is 37.3 Å². The lowest BCUT2D eigenvalue weighted by Gasteiger charge is -2.33. The number of likely N-dealkylation sites (N-methyl/N-ethyl adjacent to an activating group) is 1. The maximum absolute atomic E-state index is 14.3. The zero-order valence-electron chi connectivity index (χ0n) is 17.2. The molecule has 1 aromatic rings. The number of piperidine rings is 1. The van der Waals surface area contributed by atoms with Gasteiger partial charge in [-0.15, -0.1) is 0 Å². The summed E-state index contributed by atoms with van der Waals surface area (Å²) in [5, 5.41) is 6.79. The standard InChI is InChI=1S/C21H33F2N5/c1-4-24-21(26-15-10-12-28(13-11-15)16-8-9-16)25-14-19(27(2)3)20-17(22)6-5-7-18(20)23/h5-7,15-16,19H,4,8-14H2,1-3H3,(H2,24,25,26). The van der Waals surface area contributed by atoms with Crippen LogP contribution in [0, 0.1) is 11.6 Å². The predicted molar refractivity (Wildman–Crippen MR) is 110 cm³/mol. The molecule has 0 bridgehead atoms. The highest BCUT2D eigenvalue weighted by Gasteiger charge is 2.32. The van der Waals surface area contributed by atoms with Crippen molar-refractivity contribution in [3.8, 4) is 0 Å². The van der Waals surface area contributed by atoms with Crippen molar-refractivity contribution in [2.75, 3.05) is 40.3 Å². The number of aliphatic imine (C=N–C) groups is 1. The molecule has 1 saturated heterocycles. The van der Waals surface area contributed by atoms with E-state index >= 15 is 0 Å². The van der Waals surface area contributed by atoms with E-state index in [0.29, 0.717) is 6.04 Å². The van der Waals surface area contributed by atoms with Gasteiger partial charge in [-0.25, -0.2) is 8.78 Å². The van der Waals surface area contributed by atoms with E-state index in [2.05, 4.69) is 20.5 Å². The third-order valence-corrected chi connectivity index (χ3v) is 5.66. The third-order valence-electron chi connectivity index (χ3n) is 5.66. The summed E-state index contributed by atoms with van der Waals surface area (Å²) in [4.78, 5) is 9.06. The van der Waals surface area contributed by atoms with E-state index in [0.717, 1.165) is 44.5 Å². The van der Waals surface area contributed by atoms with Crippen LogP contribution in [0.2, 0.25) is 0 Å². The maximum atomic E-state index is 14.3. The van der Waals surface area contributed by atoms with Gasteiger partial charge in [-0.05, 0) is 58.8 Å². The fourth-order valence-electron chi connectivity index (χ4n) is 3.88. The largest absolute Gasteiger partial charge is 0.357 e. The Morgan fingerprint density at radius 2 is 1.82 bits per heavy atom. The van der Waals surface area contributed by atoms with E-state index in [1.165, 1.54) is 31.0 Å². The molecule has 1 atom stereocenters. The van der Waals surface area contributed by atoms with Crippen LogP contribution in [0.1, 0.15) is 44.2 Å². The summed E-state index contributed by atoms with van der Waals surface area (Å²) < 4.78 is 28.5. The number of hydrogen-bond acceptors (Lipinski definition) is 3. The second-order valence-electron chi connectivity index (χ2n) is 8.02. The number of hydrogen-bond donors (Lipinski definition) is 2. The molecule has 5 nitrogen and oxygen atoms in total. The minimum absolute atomic E-state index is 0.0739. The lowest BCUT2D eigenvalue weighted by molar-refractivity contribution is 0.197. The Morgan fingerprint density at radius 1 is 1.18 bits per heavy atom. The summed E-state index contributed by atoms with van der Waals surface area (Å²) in [6, 6.07) is 4.73. The van der Waals surface area contributed by atoms with Gasteiger partial charge in [0.05, 0.1) is 12.6 Å². The van der Waals surface area contributed by atoms with E-state index in [9.17, 15) is 8.78 Å². The number of nitrogens with one attached hydrogen (secondary N) is 2. The summed E-state index contributed by atoms with van der Waals surface area (Å²) in [5.41, 5.74) is 0.0739. The Bertz CT molecular complexity index is 647. The molecule has 2 fully saturated rings. The molecule has 1 saturated carbocycles. The van der Waals surface area contributed by atoms with Gasteiger partial charge in [0.15, 0.2) is 5.96 Å². The summed E-state index contributed by atoms with van der Waals surface area (Å²) in [7, 11) is 3.64. The minimum atomic E-state index is -0.528. The number of guanidine groups is 1. The number of nitrogens with zero attached hydrogens (tertiary/aromatic N) is 3. The first-order valence-corrected chi connectivity index (χ1v) is 10.4. The Hall–Kier alpha value is -1.73. The van der Waals surface area contributed by atoms with Crippen molar-refractivity contribution in [3.63, 3.8) is 0 Å². The lowest BCUT2D eigenvalue weighted by Crippen LogP contribution is -2.49. The van der Waals surface area contributed by atoms with E-state index in [1.807, 2.05) is 25.9 Å². The molecular formula is C21H33F2N5. The first-order chi connectivity index (χ1) is 13.5. The zero-order valence-corrected chi connectivity index (χ0v) is 17.2. The van der Waals surface area contributed by atoms with Gasteiger partial charge in [0.1, 0.15) is 11.6 Å². The fourth-order valence-corrected chi connectivity index (χ4v) is 3.88. The van der Waals surface area contributed by atoms with Crippen LogP contribution < -0.4 is 10.6 Å². The molecule has 2 aliphatic rings. The lowest BCUT2D eigenvalue weighted by atomic mass is 10.0. The average molecular weight is 394 g/mol. The first kappa shape index (κ1) is 21.0. The molecule has 1 aliphatic heterocycles. The second kappa shape index (κ2) is 9.65. The van der Waals surface area contributed by atoms with Crippen LogP contribution >= 0.6 is 0 Å². The van der Waals surface area contributed by atoms with Crippen LogP contribution in [0.4, 0.5) is 8.78 Å². The van der Waals surface area contributed by atoms with Gasteiger partial charge in [0.2, 0.25) is 0 Å². The Labute approximate surface area is 167 Å². The van der Waals surface area contributed by atoms with Crippen molar-refractivity contribution < 1.29 is 8.78 Å². The number of halogens is 2. The van der Waals surface area contributed by atoms with Gasteiger partial charge >= 0.3 is 0 Å². The minimum Gasteiger partial charge on any atom is -0.357 e. The van der Waals surface area contributed by atoms with E-state index in [-0.39, 0.29) is 12.1 Å². The van der Waals surface area contributed by atoms with Crippen molar-refractivity contribution in [3.05, 3.63) is 35.4 Å². The molecular weight excluding hydrogens is 360 g/mol. The molecule has 156 valence electrons. The molecule has 1 aromatic carbocycles. The highest BCUT2D eigenvalue weighted by Crippen LogP contribution is 2.29. The highest BCUT2D eigenvalue weighted by atomic mass is 19.1. The monoisotopic (exact) mass is 393 g/mol. The van der Waals surface area contributed by atoms with Crippen LogP contribution in [0.25, 0.3) is 0 Å². The van der Waals surface area contributed by atoms with Crippen molar-refractivity contribution >= 4 is 5.96 Å². The van der Waals surface area contributed by atoms with Gasteiger partial charge < -0.3 is 20.4 Å². The van der Waals surface area contributed by atoms with Crippen LogP contribution in [-0.2, 0) is 0 Å². The van der Waals surface area contributed by atoms with E-state index in [4.69, 9.17) is 0 Å². The third kappa shape index (κ3) is 5.41.